The van der Waals surface area contributed by atoms with E-state index >= 15 is 0 Å². The van der Waals surface area contributed by atoms with Crippen molar-refractivity contribution in [2.24, 2.45) is 0 Å². The highest BCUT2D eigenvalue weighted by Crippen LogP contribution is 2.13. The molecule has 0 aliphatic heterocycles. The Hall–Kier alpha value is -2.07. The van der Waals surface area contributed by atoms with Crippen LogP contribution in [0.5, 0.6) is 0 Å². The summed E-state index contributed by atoms with van der Waals surface area (Å²) in [7, 11) is 1.34. The number of methoxy groups -OCH3 is 1. The standard InChI is InChI=1S/C17H23NO3/c1-5-11-18-17(2,3)12-15(16(19)20-4)21-13-14-9-7-6-8-10-14/h5-10,12,18H,1,11,13H2,2-4H3/b15-12-. The molecule has 1 rings (SSSR count). The van der Waals surface area contributed by atoms with Crippen LogP contribution in [-0.4, -0.2) is 25.2 Å². The van der Waals surface area contributed by atoms with E-state index in [0.717, 1.165) is 5.56 Å². The Morgan fingerprint density at radius 2 is 2.00 bits per heavy atom. The number of rotatable bonds is 8. The molecule has 1 aromatic rings. The molecule has 0 heterocycles. The number of hydrogen-bond acceptors (Lipinski definition) is 4. The Labute approximate surface area is 126 Å². The summed E-state index contributed by atoms with van der Waals surface area (Å²) in [4.78, 5) is 11.8. The van der Waals surface area contributed by atoms with Crippen molar-refractivity contribution in [3.8, 4) is 0 Å². The molecule has 4 heteroatoms. The van der Waals surface area contributed by atoms with Crippen molar-refractivity contribution in [1.82, 2.24) is 5.32 Å². The first-order valence-electron chi connectivity index (χ1n) is 6.82. The van der Waals surface area contributed by atoms with Gasteiger partial charge in [0.05, 0.1) is 7.11 Å². The highest BCUT2D eigenvalue weighted by Gasteiger charge is 2.20. The van der Waals surface area contributed by atoms with E-state index in [4.69, 9.17) is 9.47 Å². The molecule has 1 N–H and O–H groups in total. The normalized spacial score (nSPS) is 11.9. The second-order valence-electron chi connectivity index (χ2n) is 5.17. The highest BCUT2D eigenvalue weighted by molar-refractivity contribution is 5.86. The number of carbonyl (C=O) groups is 1. The minimum atomic E-state index is -0.487. The van der Waals surface area contributed by atoms with Gasteiger partial charge in [-0.2, -0.15) is 0 Å². The van der Waals surface area contributed by atoms with Crippen molar-refractivity contribution in [3.63, 3.8) is 0 Å². The molecule has 0 aromatic heterocycles. The second kappa shape index (κ2) is 8.27. The van der Waals surface area contributed by atoms with Crippen LogP contribution in [0.2, 0.25) is 0 Å². The summed E-state index contributed by atoms with van der Waals surface area (Å²) in [6.07, 6.45) is 3.49. The van der Waals surface area contributed by atoms with Crippen LogP contribution in [0, 0.1) is 0 Å². The molecule has 21 heavy (non-hydrogen) atoms. The number of benzene rings is 1. The summed E-state index contributed by atoms with van der Waals surface area (Å²) >= 11 is 0. The third kappa shape index (κ3) is 6.27. The maximum atomic E-state index is 11.8. The molecule has 0 saturated carbocycles. The van der Waals surface area contributed by atoms with E-state index in [0.29, 0.717) is 13.2 Å². The lowest BCUT2D eigenvalue weighted by Crippen LogP contribution is -2.38. The minimum Gasteiger partial charge on any atom is -0.482 e. The van der Waals surface area contributed by atoms with E-state index in [-0.39, 0.29) is 5.76 Å². The fraction of sp³-hybridized carbons (Fsp3) is 0.353. The molecule has 0 atom stereocenters. The van der Waals surface area contributed by atoms with Crippen LogP contribution in [0.4, 0.5) is 0 Å². The van der Waals surface area contributed by atoms with Crippen molar-refractivity contribution in [1.29, 1.82) is 0 Å². The Morgan fingerprint density at radius 3 is 2.57 bits per heavy atom. The lowest BCUT2D eigenvalue weighted by molar-refractivity contribution is -0.140. The molecular formula is C17H23NO3. The smallest absolute Gasteiger partial charge is 0.373 e. The number of ether oxygens (including phenoxy) is 2. The number of nitrogens with one attached hydrogen (secondary N) is 1. The Balaban J connectivity index is 2.80. The molecule has 0 aliphatic rings. The summed E-state index contributed by atoms with van der Waals surface area (Å²) in [6, 6.07) is 9.67. The molecule has 0 aliphatic carbocycles. The summed E-state index contributed by atoms with van der Waals surface area (Å²) in [5.74, 6) is -0.290. The van der Waals surface area contributed by atoms with Gasteiger partial charge in [0.1, 0.15) is 6.61 Å². The predicted molar refractivity (Wildman–Crippen MR) is 83.6 cm³/mol. The van der Waals surface area contributed by atoms with Gasteiger partial charge < -0.3 is 14.8 Å². The second-order valence-corrected chi connectivity index (χ2v) is 5.17. The molecule has 0 saturated heterocycles. The summed E-state index contributed by atoms with van der Waals surface area (Å²) in [5.41, 5.74) is 0.582. The Morgan fingerprint density at radius 1 is 1.33 bits per heavy atom. The molecule has 0 fully saturated rings. The largest absolute Gasteiger partial charge is 0.482 e. The van der Waals surface area contributed by atoms with Gasteiger partial charge in [-0.05, 0) is 25.5 Å². The van der Waals surface area contributed by atoms with Gasteiger partial charge in [-0.3, -0.25) is 0 Å². The van der Waals surface area contributed by atoms with Gasteiger partial charge in [0, 0.05) is 12.1 Å². The third-order valence-electron chi connectivity index (χ3n) is 2.82. The van der Waals surface area contributed by atoms with Gasteiger partial charge in [-0.15, -0.1) is 6.58 Å². The zero-order valence-corrected chi connectivity index (χ0v) is 12.9. The maximum Gasteiger partial charge on any atom is 0.373 e. The monoisotopic (exact) mass is 289 g/mol. The first-order chi connectivity index (χ1) is 9.98. The Bertz CT molecular complexity index is 492. The number of carbonyl (C=O) groups excluding carboxylic acids is 1. The summed E-state index contributed by atoms with van der Waals surface area (Å²) in [5, 5.41) is 3.23. The lowest BCUT2D eigenvalue weighted by Gasteiger charge is -2.23. The maximum absolute atomic E-state index is 11.8. The van der Waals surface area contributed by atoms with Gasteiger partial charge in [-0.25, -0.2) is 4.79 Å². The fourth-order valence-electron chi connectivity index (χ4n) is 1.71. The average Bonchev–Trinajstić information content (AvgIpc) is 2.49. The van der Waals surface area contributed by atoms with E-state index in [1.807, 2.05) is 44.2 Å². The van der Waals surface area contributed by atoms with Crippen LogP contribution in [-0.2, 0) is 20.9 Å². The number of esters is 1. The number of hydrogen-bond donors (Lipinski definition) is 1. The van der Waals surface area contributed by atoms with Gasteiger partial charge in [0.2, 0.25) is 5.76 Å². The van der Waals surface area contributed by atoms with E-state index in [2.05, 4.69) is 11.9 Å². The van der Waals surface area contributed by atoms with Gasteiger partial charge >= 0.3 is 5.97 Å². The average molecular weight is 289 g/mol. The van der Waals surface area contributed by atoms with E-state index in [1.165, 1.54) is 7.11 Å². The van der Waals surface area contributed by atoms with Crippen molar-refractivity contribution in [3.05, 3.63) is 60.4 Å². The van der Waals surface area contributed by atoms with Crippen LogP contribution < -0.4 is 5.32 Å². The quantitative estimate of drug-likeness (QED) is 0.346. The molecule has 1 aromatic carbocycles. The molecule has 0 bridgehead atoms. The van der Waals surface area contributed by atoms with Crippen molar-refractivity contribution in [2.75, 3.05) is 13.7 Å². The molecular weight excluding hydrogens is 266 g/mol. The third-order valence-corrected chi connectivity index (χ3v) is 2.82. The Kier molecular flexibility index (Phi) is 6.69. The zero-order chi connectivity index (χ0) is 15.7. The van der Waals surface area contributed by atoms with Gasteiger partial charge in [0.25, 0.3) is 0 Å². The van der Waals surface area contributed by atoms with Crippen LogP contribution in [0.25, 0.3) is 0 Å². The molecule has 0 spiro atoms. The van der Waals surface area contributed by atoms with Crippen molar-refractivity contribution in [2.45, 2.75) is 26.0 Å². The fourth-order valence-corrected chi connectivity index (χ4v) is 1.71. The summed E-state index contributed by atoms with van der Waals surface area (Å²) < 4.78 is 10.4. The van der Waals surface area contributed by atoms with Crippen molar-refractivity contribution >= 4 is 5.97 Å². The lowest BCUT2D eigenvalue weighted by atomic mass is 10.0. The summed E-state index contributed by atoms with van der Waals surface area (Å²) in [6.45, 7) is 8.52. The molecule has 4 nitrogen and oxygen atoms in total. The van der Waals surface area contributed by atoms with Crippen LogP contribution in [0.15, 0.2) is 54.8 Å². The SMILES string of the molecule is C=CCNC(C)(C)/C=C(\OCc1ccccc1)C(=O)OC. The van der Waals surface area contributed by atoms with Crippen LogP contribution in [0.1, 0.15) is 19.4 Å². The molecule has 0 radical (unpaired) electrons. The van der Waals surface area contributed by atoms with Crippen LogP contribution >= 0.6 is 0 Å². The first kappa shape index (κ1) is 17.0. The highest BCUT2D eigenvalue weighted by atomic mass is 16.6. The van der Waals surface area contributed by atoms with Gasteiger partial charge in [-0.1, -0.05) is 36.4 Å². The van der Waals surface area contributed by atoms with E-state index in [1.54, 1.807) is 12.2 Å². The first-order valence-corrected chi connectivity index (χ1v) is 6.82. The molecule has 114 valence electrons. The van der Waals surface area contributed by atoms with Crippen molar-refractivity contribution < 1.29 is 14.3 Å². The van der Waals surface area contributed by atoms with Crippen LogP contribution in [0.3, 0.4) is 0 Å². The topological polar surface area (TPSA) is 47.6 Å². The molecule has 0 unspecified atom stereocenters. The zero-order valence-electron chi connectivity index (χ0n) is 12.9. The van der Waals surface area contributed by atoms with E-state index in [9.17, 15) is 4.79 Å². The minimum absolute atomic E-state index is 0.197. The predicted octanol–water partition coefficient (Wildman–Crippen LogP) is 2.81. The van der Waals surface area contributed by atoms with E-state index < -0.39 is 11.5 Å². The molecule has 0 amide bonds. The van der Waals surface area contributed by atoms with Gasteiger partial charge in [0.15, 0.2) is 0 Å².